The molecule has 0 aliphatic rings. The maximum absolute atomic E-state index is 12.2. The molecule has 0 saturated carbocycles. The van der Waals surface area contributed by atoms with E-state index in [1.807, 2.05) is 31.2 Å². The number of phenolic OH excluding ortho intramolecular Hbond substituents is 1. The molecular weight excluding hydrogens is 353 g/mol. The number of benzene rings is 2. The van der Waals surface area contributed by atoms with E-state index < -0.39 is 0 Å². The fraction of sp³-hybridized carbons (Fsp3) is 0.133. The smallest absolute Gasteiger partial charge is 0.252 e. The predicted octanol–water partition coefficient (Wildman–Crippen LogP) is 3.49. The molecule has 1 unspecified atom stereocenters. The zero-order chi connectivity index (χ0) is 13.8. The molecule has 1 amide bonds. The van der Waals surface area contributed by atoms with Crippen LogP contribution < -0.4 is 5.32 Å². The molecule has 0 aliphatic carbocycles. The molecule has 98 valence electrons. The Balaban J connectivity index is 2.13. The average molecular weight is 367 g/mol. The van der Waals surface area contributed by atoms with Crippen molar-refractivity contribution in [2.24, 2.45) is 0 Å². The van der Waals surface area contributed by atoms with Crippen LogP contribution in [0.25, 0.3) is 0 Å². The van der Waals surface area contributed by atoms with Crippen LogP contribution in [-0.4, -0.2) is 11.0 Å². The van der Waals surface area contributed by atoms with E-state index >= 15 is 0 Å². The maximum Gasteiger partial charge on any atom is 0.252 e. The molecule has 0 heterocycles. The summed E-state index contributed by atoms with van der Waals surface area (Å²) in [5, 5.41) is 12.4. The van der Waals surface area contributed by atoms with Gasteiger partial charge in [-0.05, 0) is 59.3 Å². The van der Waals surface area contributed by atoms with E-state index in [2.05, 4.69) is 27.9 Å². The van der Waals surface area contributed by atoms with Gasteiger partial charge in [0.2, 0.25) is 0 Å². The second kappa shape index (κ2) is 6.06. The lowest BCUT2D eigenvalue weighted by Crippen LogP contribution is -2.27. The van der Waals surface area contributed by atoms with E-state index in [1.54, 1.807) is 24.3 Å². The predicted molar refractivity (Wildman–Crippen MR) is 83.1 cm³/mol. The van der Waals surface area contributed by atoms with Gasteiger partial charge >= 0.3 is 0 Å². The normalized spacial score (nSPS) is 11.9. The molecule has 2 aromatic rings. The third-order valence-electron chi connectivity index (χ3n) is 2.84. The zero-order valence-electron chi connectivity index (χ0n) is 10.4. The van der Waals surface area contributed by atoms with Crippen LogP contribution in [0.2, 0.25) is 0 Å². The Morgan fingerprint density at radius 2 is 1.95 bits per heavy atom. The van der Waals surface area contributed by atoms with Crippen molar-refractivity contribution in [3.05, 3.63) is 63.2 Å². The van der Waals surface area contributed by atoms with Crippen LogP contribution in [0.1, 0.15) is 28.9 Å². The van der Waals surface area contributed by atoms with Crippen molar-refractivity contribution >= 4 is 28.5 Å². The summed E-state index contributed by atoms with van der Waals surface area (Å²) in [5.41, 5.74) is 1.54. The fourth-order valence-corrected chi connectivity index (χ4v) is 2.43. The van der Waals surface area contributed by atoms with E-state index in [-0.39, 0.29) is 17.7 Å². The summed E-state index contributed by atoms with van der Waals surface area (Å²) >= 11 is 2.14. The molecule has 0 saturated heterocycles. The molecule has 4 heteroatoms. The van der Waals surface area contributed by atoms with E-state index in [9.17, 15) is 9.90 Å². The van der Waals surface area contributed by atoms with Gasteiger partial charge in [0.25, 0.3) is 5.91 Å². The Bertz CT molecular complexity index is 598. The molecular formula is C15H14INO2. The Labute approximate surface area is 125 Å². The number of aromatic hydroxyl groups is 1. The first-order valence-corrected chi connectivity index (χ1v) is 7.00. The lowest BCUT2D eigenvalue weighted by molar-refractivity contribution is 0.0939. The number of carbonyl (C=O) groups excluding carboxylic acids is 1. The quantitative estimate of drug-likeness (QED) is 0.816. The number of carbonyl (C=O) groups is 1. The largest absolute Gasteiger partial charge is 0.508 e. The SMILES string of the molecule is CC(NC(=O)c1ccccc1I)c1cccc(O)c1. The minimum absolute atomic E-state index is 0.110. The first kappa shape index (κ1) is 13.9. The standard InChI is InChI=1S/C15H14INO2/c1-10(11-5-4-6-12(18)9-11)17-15(19)13-7-2-3-8-14(13)16/h2-10,18H,1H3,(H,17,19). The molecule has 2 N–H and O–H groups in total. The van der Waals surface area contributed by atoms with Crippen molar-refractivity contribution in [1.82, 2.24) is 5.32 Å². The molecule has 0 aromatic heterocycles. The highest BCUT2D eigenvalue weighted by atomic mass is 127. The van der Waals surface area contributed by atoms with Gasteiger partial charge in [-0.15, -0.1) is 0 Å². The molecule has 2 aromatic carbocycles. The Morgan fingerprint density at radius 3 is 2.63 bits per heavy atom. The van der Waals surface area contributed by atoms with Crippen LogP contribution in [0.15, 0.2) is 48.5 Å². The van der Waals surface area contributed by atoms with E-state index in [0.717, 1.165) is 9.13 Å². The summed E-state index contributed by atoms with van der Waals surface area (Å²) in [6.07, 6.45) is 0. The van der Waals surface area contributed by atoms with Crippen molar-refractivity contribution in [2.75, 3.05) is 0 Å². The number of rotatable bonds is 3. The van der Waals surface area contributed by atoms with E-state index in [4.69, 9.17) is 0 Å². The van der Waals surface area contributed by atoms with Crippen LogP contribution in [0, 0.1) is 3.57 Å². The van der Waals surface area contributed by atoms with Crippen molar-refractivity contribution in [2.45, 2.75) is 13.0 Å². The van der Waals surface area contributed by atoms with Crippen molar-refractivity contribution in [3.8, 4) is 5.75 Å². The summed E-state index contributed by atoms with van der Waals surface area (Å²) in [6, 6.07) is 14.2. The molecule has 0 bridgehead atoms. The van der Waals surface area contributed by atoms with Crippen LogP contribution >= 0.6 is 22.6 Å². The van der Waals surface area contributed by atoms with Gasteiger partial charge in [-0.2, -0.15) is 0 Å². The highest BCUT2D eigenvalue weighted by molar-refractivity contribution is 14.1. The van der Waals surface area contributed by atoms with E-state index in [1.165, 1.54) is 0 Å². The summed E-state index contributed by atoms with van der Waals surface area (Å²) in [4.78, 5) is 12.2. The zero-order valence-corrected chi connectivity index (χ0v) is 12.6. The molecule has 2 rings (SSSR count). The number of amides is 1. The molecule has 0 fully saturated rings. The first-order chi connectivity index (χ1) is 9.08. The van der Waals surface area contributed by atoms with Crippen LogP contribution in [-0.2, 0) is 0 Å². The van der Waals surface area contributed by atoms with Gasteiger partial charge in [0.1, 0.15) is 5.75 Å². The first-order valence-electron chi connectivity index (χ1n) is 5.92. The number of hydrogen-bond donors (Lipinski definition) is 2. The van der Waals surface area contributed by atoms with Crippen molar-refractivity contribution < 1.29 is 9.90 Å². The summed E-state index contributed by atoms with van der Waals surface area (Å²) in [7, 11) is 0. The maximum atomic E-state index is 12.2. The van der Waals surface area contributed by atoms with Crippen LogP contribution in [0.3, 0.4) is 0 Å². The lowest BCUT2D eigenvalue weighted by atomic mass is 10.1. The Kier molecular flexibility index (Phi) is 4.42. The van der Waals surface area contributed by atoms with Gasteiger partial charge in [0, 0.05) is 3.57 Å². The second-order valence-electron chi connectivity index (χ2n) is 4.27. The van der Waals surface area contributed by atoms with Crippen molar-refractivity contribution in [1.29, 1.82) is 0 Å². The third-order valence-corrected chi connectivity index (χ3v) is 3.78. The fourth-order valence-electron chi connectivity index (χ4n) is 1.80. The Hall–Kier alpha value is -1.56. The molecule has 0 spiro atoms. The average Bonchev–Trinajstić information content (AvgIpc) is 2.39. The highest BCUT2D eigenvalue weighted by Gasteiger charge is 2.13. The van der Waals surface area contributed by atoms with Crippen LogP contribution in [0.5, 0.6) is 5.75 Å². The Morgan fingerprint density at radius 1 is 1.21 bits per heavy atom. The molecule has 0 radical (unpaired) electrons. The minimum Gasteiger partial charge on any atom is -0.508 e. The highest BCUT2D eigenvalue weighted by Crippen LogP contribution is 2.19. The van der Waals surface area contributed by atoms with Gasteiger partial charge in [0.05, 0.1) is 11.6 Å². The minimum atomic E-state index is -0.157. The topological polar surface area (TPSA) is 49.3 Å². The molecule has 19 heavy (non-hydrogen) atoms. The molecule has 3 nitrogen and oxygen atoms in total. The molecule has 1 atom stereocenters. The van der Waals surface area contributed by atoms with Gasteiger partial charge in [0.15, 0.2) is 0 Å². The summed E-state index contributed by atoms with van der Waals surface area (Å²) < 4.78 is 0.917. The van der Waals surface area contributed by atoms with E-state index in [0.29, 0.717) is 5.56 Å². The number of halogens is 1. The van der Waals surface area contributed by atoms with Crippen LogP contribution in [0.4, 0.5) is 0 Å². The van der Waals surface area contributed by atoms with Gasteiger partial charge in [-0.1, -0.05) is 24.3 Å². The van der Waals surface area contributed by atoms with Gasteiger partial charge in [-0.3, -0.25) is 4.79 Å². The second-order valence-corrected chi connectivity index (χ2v) is 5.43. The number of phenols is 1. The molecule has 0 aliphatic heterocycles. The monoisotopic (exact) mass is 367 g/mol. The number of hydrogen-bond acceptors (Lipinski definition) is 2. The van der Waals surface area contributed by atoms with Crippen molar-refractivity contribution in [3.63, 3.8) is 0 Å². The summed E-state index contributed by atoms with van der Waals surface area (Å²) in [6.45, 7) is 1.89. The summed E-state index contributed by atoms with van der Waals surface area (Å²) in [5.74, 6) is 0.0914. The van der Waals surface area contributed by atoms with Gasteiger partial charge in [-0.25, -0.2) is 0 Å². The number of nitrogens with one attached hydrogen (secondary N) is 1. The lowest BCUT2D eigenvalue weighted by Gasteiger charge is -2.15. The van der Waals surface area contributed by atoms with Gasteiger partial charge < -0.3 is 10.4 Å². The third kappa shape index (κ3) is 3.47.